The Labute approximate surface area is 150 Å². The van der Waals surface area contributed by atoms with Crippen molar-refractivity contribution in [1.82, 2.24) is 4.90 Å². The summed E-state index contributed by atoms with van der Waals surface area (Å²) in [6, 6.07) is 0. The van der Waals surface area contributed by atoms with Gasteiger partial charge in [-0.05, 0) is 0 Å². The Balaban J connectivity index is -0.0000000133. The second-order valence-electron chi connectivity index (χ2n) is 1.07. The van der Waals surface area contributed by atoms with E-state index in [0.29, 0.717) is 0 Å². The molecule has 0 unspecified atom stereocenters. The van der Waals surface area contributed by atoms with Crippen molar-refractivity contribution in [1.29, 1.82) is 0 Å². The number of nitrogens with zero attached hydrogens (tertiary/aromatic N) is 1. The van der Waals surface area contributed by atoms with Crippen LogP contribution in [-0.2, 0) is 4.79 Å². The van der Waals surface area contributed by atoms with E-state index in [1.807, 2.05) is 0 Å². The summed E-state index contributed by atoms with van der Waals surface area (Å²) in [6.07, 6.45) is 0.750. The van der Waals surface area contributed by atoms with E-state index < -0.39 is 0 Å². The maximum absolute atomic E-state index is 9.43. The third kappa shape index (κ3) is 34.8. The van der Waals surface area contributed by atoms with E-state index >= 15 is 0 Å². The topological polar surface area (TPSA) is 20.3 Å². The van der Waals surface area contributed by atoms with Gasteiger partial charge in [0.15, 0.2) is 0 Å². The van der Waals surface area contributed by atoms with Gasteiger partial charge in [0, 0.05) is 14.1 Å². The molecule has 0 N–H and O–H groups in total. The molecule has 0 spiro atoms. The molecule has 0 radical (unpaired) electrons. The van der Waals surface area contributed by atoms with Crippen molar-refractivity contribution in [2.45, 2.75) is 0 Å². The fourth-order valence-corrected chi connectivity index (χ4v) is 0. The van der Waals surface area contributed by atoms with Crippen molar-refractivity contribution in [3.63, 3.8) is 0 Å². The summed E-state index contributed by atoms with van der Waals surface area (Å²) < 4.78 is 0. The molecule has 0 aliphatic heterocycles. The van der Waals surface area contributed by atoms with E-state index in [-0.39, 0.29) is 123 Å². The van der Waals surface area contributed by atoms with E-state index in [4.69, 9.17) is 0 Å². The van der Waals surface area contributed by atoms with Gasteiger partial charge in [-0.3, -0.25) is 4.79 Å². The number of hydrogen-bond acceptors (Lipinski definition) is 1. The number of carbonyl (C=O) groups excluding carboxylic acids is 1. The molecule has 0 atom stereocenters. The average Bonchev–Trinajstić information content (AvgIpc) is 1.38. The summed E-state index contributed by atoms with van der Waals surface area (Å²) in [7, 11) is 3.38. The number of amides is 1. The minimum Gasteiger partial charge on any atom is -1.00 e. The molecule has 0 heterocycles. The minimum absolute atomic E-state index is 0. The summed E-state index contributed by atoms with van der Waals surface area (Å²) in [5.74, 6) is 0. The van der Waals surface area contributed by atoms with Gasteiger partial charge in [0.1, 0.15) is 0 Å². The number of hydrogen-bond donors (Lipinski definition) is 0. The first-order valence-corrected chi connectivity index (χ1v) is 1.39. The molecule has 1 amide bonds. The molecule has 0 aromatic heterocycles. The first kappa shape index (κ1) is 29.5. The second-order valence-corrected chi connectivity index (χ2v) is 1.07. The monoisotopic (exact) mass is 495 g/mol. The molecule has 0 saturated carbocycles. The molecule has 54 valence electrons. The zero-order valence-electron chi connectivity index (χ0n) is 5.64. The van der Waals surface area contributed by atoms with Crippen molar-refractivity contribution in [3.8, 4) is 0 Å². The molecule has 0 rings (SSSR count). The van der Waals surface area contributed by atoms with E-state index in [1.54, 1.807) is 14.1 Å². The van der Waals surface area contributed by atoms with Gasteiger partial charge in [-0.2, -0.15) is 0 Å². The van der Waals surface area contributed by atoms with Crippen molar-refractivity contribution >= 4 is 6.41 Å². The third-order valence-corrected chi connectivity index (χ3v) is 0.211. The molecule has 9 heavy (non-hydrogen) atoms. The Hall–Kier alpha value is 3.30. The van der Waals surface area contributed by atoms with Gasteiger partial charge >= 0.3 is 51.4 Å². The predicted octanol–water partition coefficient (Wildman–Crippen LogP) is -12.8. The Kier molecular flexibility index (Phi) is 73.7. The largest absolute Gasteiger partial charge is 1.00 e. The van der Waals surface area contributed by atoms with Gasteiger partial charge < -0.3 is 52.9 Å². The van der Waals surface area contributed by atoms with Crippen LogP contribution in [0.15, 0.2) is 0 Å². The van der Waals surface area contributed by atoms with E-state index in [9.17, 15) is 4.79 Å². The van der Waals surface area contributed by atoms with Crippen LogP contribution in [0.2, 0.25) is 0 Å². The minimum atomic E-state index is 0. The first-order chi connectivity index (χ1) is 2.27. The molecule has 0 bridgehead atoms. The van der Waals surface area contributed by atoms with Gasteiger partial charge in [-0.25, -0.2) is 0 Å². The van der Waals surface area contributed by atoms with Crippen LogP contribution < -0.4 is 123 Å². The molecule has 0 aliphatic rings. The summed E-state index contributed by atoms with van der Waals surface area (Å²) in [6.45, 7) is 0. The molecule has 6 heteroatoms. The standard InChI is InChI=1S/C3H7NO.H2I.2HI.K/c1-4(2)3-5;;;;/h3H,1-2H3;1H2;2*1H;/q;+1;;;+1/p-2. The smallest absolute Gasteiger partial charge is 1.00 e. The van der Waals surface area contributed by atoms with Crippen LogP contribution in [0.25, 0.3) is 0 Å². The molecular weight excluding hydrogens is 486 g/mol. The summed E-state index contributed by atoms with van der Waals surface area (Å²) in [5, 5.41) is 0. The van der Waals surface area contributed by atoms with Crippen molar-refractivity contribution in [2.24, 2.45) is 0 Å². The summed E-state index contributed by atoms with van der Waals surface area (Å²) in [4.78, 5) is 10.9. The SMILES string of the molecule is CN(C)C=O.[I-].[I-].[IH2+].[K+]. The van der Waals surface area contributed by atoms with E-state index in [1.165, 1.54) is 4.90 Å². The molecular formula is C3H9I3KNO. The second kappa shape index (κ2) is 22.5. The zero-order valence-corrected chi connectivity index (χ0v) is 15.6. The van der Waals surface area contributed by atoms with Gasteiger partial charge in [0.05, 0.1) is 0 Å². The van der Waals surface area contributed by atoms with Gasteiger partial charge in [0.2, 0.25) is 30.4 Å². The van der Waals surface area contributed by atoms with Crippen LogP contribution in [0.5, 0.6) is 0 Å². The van der Waals surface area contributed by atoms with Crippen LogP contribution >= 0.6 is 0 Å². The third-order valence-electron chi connectivity index (χ3n) is 0.211. The molecule has 0 saturated heterocycles. The molecule has 0 aromatic rings. The van der Waals surface area contributed by atoms with Gasteiger partial charge in [-0.15, -0.1) is 0 Å². The number of rotatable bonds is 1. The Morgan fingerprint density at radius 3 is 1.33 bits per heavy atom. The Bertz CT molecular complexity index is 46.0. The summed E-state index contributed by atoms with van der Waals surface area (Å²) in [5.41, 5.74) is 0. The van der Waals surface area contributed by atoms with Crippen LogP contribution in [-0.4, -0.2) is 25.4 Å². The first-order valence-electron chi connectivity index (χ1n) is 1.39. The number of halogens is 3. The Morgan fingerprint density at radius 1 is 1.22 bits per heavy atom. The van der Waals surface area contributed by atoms with Crippen LogP contribution in [0.4, 0.5) is 0 Å². The van der Waals surface area contributed by atoms with Crippen LogP contribution in [0.3, 0.4) is 0 Å². The fraction of sp³-hybridized carbons (Fsp3) is 0.667. The maximum atomic E-state index is 9.43. The number of carbonyl (C=O) groups is 1. The molecule has 2 nitrogen and oxygen atoms in total. The normalized spacial score (nSPS) is 3.78. The van der Waals surface area contributed by atoms with Gasteiger partial charge in [-0.1, -0.05) is 0 Å². The molecule has 0 fully saturated rings. The van der Waals surface area contributed by atoms with Crippen molar-refractivity contribution in [3.05, 3.63) is 0 Å². The fourth-order valence-electron chi connectivity index (χ4n) is 0. The van der Waals surface area contributed by atoms with E-state index in [0.717, 1.165) is 6.41 Å². The average molecular weight is 495 g/mol. The van der Waals surface area contributed by atoms with Crippen LogP contribution in [0, 0.1) is 0 Å². The van der Waals surface area contributed by atoms with Crippen molar-refractivity contribution < 1.29 is 128 Å². The van der Waals surface area contributed by atoms with Crippen LogP contribution in [0.1, 0.15) is 0 Å². The Morgan fingerprint density at radius 2 is 1.33 bits per heavy atom. The summed E-state index contributed by atoms with van der Waals surface area (Å²) >= 11 is 0. The van der Waals surface area contributed by atoms with Crippen molar-refractivity contribution in [2.75, 3.05) is 14.1 Å². The zero-order chi connectivity index (χ0) is 4.28. The molecule has 0 aromatic carbocycles. The molecule has 0 aliphatic carbocycles. The quantitative estimate of drug-likeness (QED) is 0.201. The predicted molar refractivity (Wildman–Crippen MR) is 22.5 cm³/mol. The maximum Gasteiger partial charge on any atom is 1.00 e. The van der Waals surface area contributed by atoms with E-state index in [2.05, 4.69) is 0 Å². The van der Waals surface area contributed by atoms with Gasteiger partial charge in [0.25, 0.3) is 0 Å².